The van der Waals surface area contributed by atoms with Gasteiger partial charge in [-0.25, -0.2) is 0 Å². The SMILES string of the molecule is CCc1nsnc1C1=CCCN(CC)C1.c1ccncc1. The molecule has 1 aliphatic rings. The Kier molecular flexibility index (Phi) is 6.50. The third kappa shape index (κ3) is 4.72. The van der Waals surface area contributed by atoms with Crippen LogP contribution in [-0.2, 0) is 6.42 Å². The third-order valence-electron chi connectivity index (χ3n) is 3.44. The molecule has 0 atom stereocenters. The maximum Gasteiger partial charge on any atom is 0.104 e. The van der Waals surface area contributed by atoms with Gasteiger partial charge in [-0.3, -0.25) is 9.88 Å². The van der Waals surface area contributed by atoms with E-state index in [0.29, 0.717) is 0 Å². The van der Waals surface area contributed by atoms with Gasteiger partial charge < -0.3 is 0 Å². The van der Waals surface area contributed by atoms with Gasteiger partial charge in [-0.1, -0.05) is 26.0 Å². The predicted octanol–water partition coefficient (Wildman–Crippen LogP) is 3.29. The van der Waals surface area contributed by atoms with E-state index >= 15 is 0 Å². The Balaban J connectivity index is 0.000000225. The van der Waals surface area contributed by atoms with Crippen molar-refractivity contribution in [1.29, 1.82) is 0 Å². The summed E-state index contributed by atoms with van der Waals surface area (Å²) in [5.41, 5.74) is 3.67. The van der Waals surface area contributed by atoms with Crippen molar-refractivity contribution < 1.29 is 0 Å². The number of likely N-dealkylation sites (N-methyl/N-ethyl adjacent to an activating group) is 1. The van der Waals surface area contributed by atoms with Gasteiger partial charge in [0, 0.05) is 25.5 Å². The average Bonchev–Trinajstić information content (AvgIpc) is 3.06. The van der Waals surface area contributed by atoms with Gasteiger partial charge in [-0.2, -0.15) is 8.75 Å². The number of nitrogens with zero attached hydrogens (tertiary/aromatic N) is 4. The van der Waals surface area contributed by atoms with Crippen molar-refractivity contribution in [3.8, 4) is 0 Å². The van der Waals surface area contributed by atoms with Crippen LogP contribution in [-0.4, -0.2) is 38.3 Å². The number of hydrogen-bond acceptors (Lipinski definition) is 5. The Morgan fingerprint density at radius 2 is 1.95 bits per heavy atom. The molecule has 3 heterocycles. The molecule has 0 spiro atoms. The molecule has 1 aliphatic heterocycles. The largest absolute Gasteiger partial charge is 0.299 e. The van der Waals surface area contributed by atoms with Gasteiger partial charge in [0.05, 0.1) is 17.4 Å². The summed E-state index contributed by atoms with van der Waals surface area (Å²) >= 11 is 1.33. The lowest BCUT2D eigenvalue weighted by Gasteiger charge is -2.25. The number of aryl methyl sites for hydroxylation is 1. The average molecular weight is 302 g/mol. The molecule has 0 fully saturated rings. The molecule has 2 aromatic heterocycles. The summed E-state index contributed by atoms with van der Waals surface area (Å²) < 4.78 is 8.75. The molecule has 4 nitrogen and oxygen atoms in total. The summed E-state index contributed by atoms with van der Waals surface area (Å²) in [6.45, 7) is 7.69. The quantitative estimate of drug-likeness (QED) is 0.872. The van der Waals surface area contributed by atoms with Crippen LogP contribution in [0.25, 0.3) is 5.57 Å². The molecule has 0 unspecified atom stereocenters. The van der Waals surface area contributed by atoms with Crippen LogP contribution in [0.3, 0.4) is 0 Å². The summed E-state index contributed by atoms with van der Waals surface area (Å²) in [6, 6.07) is 5.72. The van der Waals surface area contributed by atoms with Crippen LogP contribution in [0.4, 0.5) is 0 Å². The van der Waals surface area contributed by atoms with E-state index in [-0.39, 0.29) is 0 Å². The van der Waals surface area contributed by atoms with Crippen LogP contribution in [0, 0.1) is 0 Å². The van der Waals surface area contributed by atoms with Crippen molar-refractivity contribution >= 4 is 17.3 Å². The van der Waals surface area contributed by atoms with Gasteiger partial charge in [-0.05, 0) is 37.1 Å². The minimum atomic E-state index is 0.981. The minimum absolute atomic E-state index is 0.981. The fourth-order valence-corrected chi connectivity index (χ4v) is 2.90. The zero-order valence-corrected chi connectivity index (χ0v) is 13.5. The first kappa shape index (κ1) is 15.8. The third-order valence-corrected chi connectivity index (χ3v) is 4.01. The lowest BCUT2D eigenvalue weighted by molar-refractivity contribution is 0.321. The molecule has 3 rings (SSSR count). The van der Waals surface area contributed by atoms with E-state index in [2.05, 4.69) is 38.6 Å². The monoisotopic (exact) mass is 302 g/mol. The maximum absolute atomic E-state index is 4.42. The van der Waals surface area contributed by atoms with Crippen molar-refractivity contribution in [2.75, 3.05) is 19.6 Å². The first-order valence-electron chi connectivity index (χ1n) is 7.43. The van der Waals surface area contributed by atoms with E-state index < -0.39 is 0 Å². The zero-order valence-electron chi connectivity index (χ0n) is 12.7. The molecule has 0 aliphatic carbocycles. The predicted molar refractivity (Wildman–Crippen MR) is 88.2 cm³/mol. The highest BCUT2D eigenvalue weighted by Crippen LogP contribution is 2.22. The molecular formula is C16H22N4S. The number of hydrogen-bond donors (Lipinski definition) is 0. The Morgan fingerprint density at radius 1 is 1.14 bits per heavy atom. The fourth-order valence-electron chi connectivity index (χ4n) is 2.24. The summed E-state index contributed by atoms with van der Waals surface area (Å²) in [6.07, 6.45) is 7.95. The molecule has 0 amide bonds. The Labute approximate surface area is 130 Å². The van der Waals surface area contributed by atoms with E-state index in [1.165, 1.54) is 23.8 Å². The zero-order chi connectivity index (χ0) is 14.9. The van der Waals surface area contributed by atoms with Gasteiger partial charge in [0.15, 0.2) is 0 Å². The van der Waals surface area contributed by atoms with E-state index in [9.17, 15) is 0 Å². The van der Waals surface area contributed by atoms with Gasteiger partial charge in [0.1, 0.15) is 5.69 Å². The summed E-state index contributed by atoms with van der Waals surface area (Å²) in [4.78, 5) is 6.24. The molecule has 0 aromatic carbocycles. The van der Waals surface area contributed by atoms with Gasteiger partial charge in [-0.15, -0.1) is 0 Å². The molecule has 0 radical (unpaired) electrons. The smallest absolute Gasteiger partial charge is 0.104 e. The Hall–Kier alpha value is -1.59. The fraction of sp³-hybridized carbons (Fsp3) is 0.438. The number of pyridine rings is 1. The lowest BCUT2D eigenvalue weighted by Crippen LogP contribution is -2.29. The van der Waals surface area contributed by atoms with Gasteiger partial charge in [0.2, 0.25) is 0 Å². The second kappa shape index (κ2) is 8.64. The highest BCUT2D eigenvalue weighted by molar-refractivity contribution is 6.99. The molecule has 0 saturated carbocycles. The Morgan fingerprint density at radius 3 is 2.52 bits per heavy atom. The van der Waals surface area contributed by atoms with Gasteiger partial charge in [0.25, 0.3) is 0 Å². The summed E-state index contributed by atoms with van der Waals surface area (Å²) in [7, 11) is 0. The van der Waals surface area contributed by atoms with Crippen LogP contribution in [0.2, 0.25) is 0 Å². The second-order valence-electron chi connectivity index (χ2n) is 4.82. The van der Waals surface area contributed by atoms with E-state index in [1.807, 2.05) is 18.2 Å². The van der Waals surface area contributed by atoms with Crippen LogP contribution in [0.15, 0.2) is 36.7 Å². The van der Waals surface area contributed by atoms with Crippen molar-refractivity contribution in [3.63, 3.8) is 0 Å². The molecule has 112 valence electrons. The highest BCUT2D eigenvalue weighted by Gasteiger charge is 2.17. The minimum Gasteiger partial charge on any atom is -0.299 e. The van der Waals surface area contributed by atoms with Crippen LogP contribution < -0.4 is 0 Å². The molecule has 0 N–H and O–H groups in total. The second-order valence-corrected chi connectivity index (χ2v) is 5.35. The molecule has 5 heteroatoms. The summed E-state index contributed by atoms with van der Waals surface area (Å²) in [5.74, 6) is 0. The van der Waals surface area contributed by atoms with Gasteiger partial charge >= 0.3 is 0 Å². The van der Waals surface area contributed by atoms with E-state index in [0.717, 1.165) is 37.3 Å². The van der Waals surface area contributed by atoms with Crippen LogP contribution >= 0.6 is 11.7 Å². The molecule has 2 aromatic rings. The number of rotatable bonds is 3. The summed E-state index contributed by atoms with van der Waals surface area (Å²) in [5, 5.41) is 0. The van der Waals surface area contributed by atoms with E-state index in [4.69, 9.17) is 0 Å². The first-order chi connectivity index (χ1) is 10.3. The van der Waals surface area contributed by atoms with Crippen LogP contribution in [0.5, 0.6) is 0 Å². The van der Waals surface area contributed by atoms with Crippen molar-refractivity contribution in [1.82, 2.24) is 18.6 Å². The standard InChI is InChI=1S/C11H17N3S.C5H5N/c1-3-10-11(13-15-12-10)9-6-5-7-14(4-2)8-9;1-2-4-6-5-3-1/h6H,3-5,7-8H2,1-2H3;1-5H. The molecule has 0 saturated heterocycles. The van der Waals surface area contributed by atoms with E-state index in [1.54, 1.807) is 12.4 Å². The highest BCUT2D eigenvalue weighted by atomic mass is 32.1. The maximum atomic E-state index is 4.42. The molecule has 0 bridgehead atoms. The van der Waals surface area contributed by atoms with Crippen molar-refractivity contribution in [3.05, 3.63) is 48.1 Å². The topological polar surface area (TPSA) is 41.9 Å². The molecule has 21 heavy (non-hydrogen) atoms. The van der Waals surface area contributed by atoms with Crippen molar-refractivity contribution in [2.24, 2.45) is 0 Å². The van der Waals surface area contributed by atoms with Crippen molar-refractivity contribution in [2.45, 2.75) is 26.7 Å². The molecular weight excluding hydrogens is 280 g/mol. The van der Waals surface area contributed by atoms with Crippen LogP contribution in [0.1, 0.15) is 31.7 Å². The lowest BCUT2D eigenvalue weighted by atomic mass is 10.0. The number of aromatic nitrogens is 3. The Bertz CT molecular complexity index is 524. The normalized spacial score (nSPS) is 15.0. The first-order valence-corrected chi connectivity index (χ1v) is 8.16.